The van der Waals surface area contributed by atoms with Gasteiger partial charge in [-0.2, -0.15) is 5.10 Å². The van der Waals surface area contributed by atoms with Gasteiger partial charge in [-0.3, -0.25) is 4.68 Å². The van der Waals surface area contributed by atoms with E-state index in [1.807, 2.05) is 28.9 Å². The van der Waals surface area contributed by atoms with Crippen molar-refractivity contribution < 1.29 is 9.84 Å². The highest BCUT2D eigenvalue weighted by Crippen LogP contribution is 2.37. The Hall–Kier alpha value is -1.81. The first-order valence-corrected chi connectivity index (χ1v) is 7.21. The van der Waals surface area contributed by atoms with Gasteiger partial charge in [0.05, 0.1) is 5.69 Å². The van der Waals surface area contributed by atoms with Gasteiger partial charge in [-0.05, 0) is 25.0 Å². The summed E-state index contributed by atoms with van der Waals surface area (Å²) >= 11 is 0. The Morgan fingerprint density at radius 3 is 2.85 bits per heavy atom. The summed E-state index contributed by atoms with van der Waals surface area (Å²) in [6.45, 7) is 4.65. The average molecular weight is 272 g/mol. The molecular formula is C16H20N2O2. The maximum Gasteiger partial charge on any atom is 0.125 e. The second-order valence-electron chi connectivity index (χ2n) is 5.14. The Balaban J connectivity index is 1.98. The van der Waals surface area contributed by atoms with Crippen LogP contribution in [0.1, 0.15) is 42.9 Å². The van der Waals surface area contributed by atoms with Crippen molar-refractivity contribution in [2.75, 3.05) is 6.61 Å². The fraction of sp³-hybridized carbons (Fsp3) is 0.438. The molecule has 2 atom stereocenters. The number of aliphatic hydroxyl groups is 1. The van der Waals surface area contributed by atoms with Crippen LogP contribution in [0, 0.1) is 0 Å². The van der Waals surface area contributed by atoms with Gasteiger partial charge >= 0.3 is 0 Å². The van der Waals surface area contributed by atoms with E-state index in [1.165, 1.54) is 0 Å². The lowest BCUT2D eigenvalue weighted by Crippen LogP contribution is -2.30. The molecule has 0 fully saturated rings. The number of benzene rings is 1. The molecular weight excluding hydrogens is 252 g/mol. The molecule has 1 aliphatic rings. The summed E-state index contributed by atoms with van der Waals surface area (Å²) in [7, 11) is 0. The minimum absolute atomic E-state index is 0.153. The highest BCUT2D eigenvalue weighted by atomic mass is 16.5. The van der Waals surface area contributed by atoms with Gasteiger partial charge in [-0.15, -0.1) is 0 Å². The van der Waals surface area contributed by atoms with E-state index in [0.717, 1.165) is 35.5 Å². The van der Waals surface area contributed by atoms with E-state index < -0.39 is 6.10 Å². The molecule has 3 rings (SSSR count). The first-order chi connectivity index (χ1) is 9.74. The van der Waals surface area contributed by atoms with Crippen LogP contribution < -0.4 is 4.74 Å². The quantitative estimate of drug-likeness (QED) is 0.934. The van der Waals surface area contributed by atoms with Gasteiger partial charge in [-0.25, -0.2) is 0 Å². The monoisotopic (exact) mass is 272 g/mol. The highest BCUT2D eigenvalue weighted by Gasteiger charge is 2.32. The minimum atomic E-state index is -0.574. The Morgan fingerprint density at radius 2 is 2.10 bits per heavy atom. The third-order valence-corrected chi connectivity index (χ3v) is 3.91. The van der Waals surface area contributed by atoms with Crippen molar-refractivity contribution in [1.29, 1.82) is 0 Å². The summed E-state index contributed by atoms with van der Waals surface area (Å²) < 4.78 is 7.73. The van der Waals surface area contributed by atoms with Gasteiger partial charge in [0, 0.05) is 11.3 Å². The third kappa shape index (κ3) is 2.10. The van der Waals surface area contributed by atoms with E-state index in [1.54, 1.807) is 0 Å². The van der Waals surface area contributed by atoms with Crippen LogP contribution in [0.4, 0.5) is 0 Å². The first kappa shape index (κ1) is 13.2. The van der Waals surface area contributed by atoms with Crippen LogP contribution in [0.2, 0.25) is 0 Å². The molecule has 1 aromatic carbocycles. The maximum atomic E-state index is 10.6. The van der Waals surface area contributed by atoms with E-state index in [4.69, 9.17) is 4.74 Å². The van der Waals surface area contributed by atoms with Crippen LogP contribution in [0.3, 0.4) is 0 Å². The molecule has 2 aromatic rings. The summed E-state index contributed by atoms with van der Waals surface area (Å²) in [6, 6.07) is 9.63. The zero-order valence-corrected chi connectivity index (χ0v) is 11.9. The Labute approximate surface area is 119 Å². The lowest BCUT2D eigenvalue weighted by Gasteiger charge is -2.31. The topological polar surface area (TPSA) is 47.3 Å². The number of aryl methyl sites for hydroxylation is 2. The number of ether oxygens (including phenoxy) is 1. The fourth-order valence-electron chi connectivity index (χ4n) is 2.75. The lowest BCUT2D eigenvalue weighted by atomic mass is 9.99. The summed E-state index contributed by atoms with van der Waals surface area (Å²) in [5, 5.41) is 15.3. The number of aromatic nitrogens is 2. The van der Waals surface area contributed by atoms with Crippen molar-refractivity contribution in [2.24, 2.45) is 0 Å². The summed E-state index contributed by atoms with van der Waals surface area (Å²) in [4.78, 5) is 0. The van der Waals surface area contributed by atoms with Gasteiger partial charge in [0.15, 0.2) is 0 Å². The summed E-state index contributed by atoms with van der Waals surface area (Å²) in [5.74, 6) is 0.775. The number of nitrogens with zero attached hydrogens (tertiary/aromatic N) is 2. The highest BCUT2D eigenvalue weighted by molar-refractivity contribution is 5.37. The van der Waals surface area contributed by atoms with Crippen LogP contribution >= 0.6 is 0 Å². The van der Waals surface area contributed by atoms with E-state index in [0.29, 0.717) is 6.61 Å². The lowest BCUT2D eigenvalue weighted by molar-refractivity contribution is 0.0493. The molecule has 1 aliphatic heterocycles. The van der Waals surface area contributed by atoms with E-state index in [9.17, 15) is 5.11 Å². The standard InChI is InChI=1S/C16H20N2O2/c1-3-11-9-12(4-2)18(17-11)14-10-20-15-8-6-5-7-13(15)16(14)19/h5-9,14,16,19H,3-4,10H2,1-2H3. The molecule has 1 N–H and O–H groups in total. The Morgan fingerprint density at radius 1 is 1.30 bits per heavy atom. The first-order valence-electron chi connectivity index (χ1n) is 7.21. The number of rotatable bonds is 3. The number of para-hydroxylation sites is 1. The van der Waals surface area contributed by atoms with E-state index in [2.05, 4.69) is 25.0 Å². The average Bonchev–Trinajstić information content (AvgIpc) is 2.91. The molecule has 1 aromatic heterocycles. The summed E-state index contributed by atoms with van der Waals surface area (Å²) in [6.07, 6.45) is 1.23. The Bertz CT molecular complexity index is 606. The molecule has 2 unspecified atom stereocenters. The zero-order chi connectivity index (χ0) is 14.1. The molecule has 4 nitrogen and oxygen atoms in total. The van der Waals surface area contributed by atoms with Crippen LogP contribution in [-0.4, -0.2) is 21.5 Å². The fourth-order valence-corrected chi connectivity index (χ4v) is 2.75. The van der Waals surface area contributed by atoms with Crippen molar-refractivity contribution in [2.45, 2.75) is 38.8 Å². The molecule has 0 bridgehead atoms. The molecule has 106 valence electrons. The molecule has 2 heterocycles. The SMILES string of the molecule is CCc1cc(CC)n(C2COc3ccccc3C2O)n1. The summed E-state index contributed by atoms with van der Waals surface area (Å²) in [5.41, 5.74) is 3.06. The molecule has 0 saturated carbocycles. The zero-order valence-electron chi connectivity index (χ0n) is 11.9. The largest absolute Gasteiger partial charge is 0.491 e. The molecule has 0 amide bonds. The van der Waals surface area contributed by atoms with Gasteiger partial charge in [-0.1, -0.05) is 32.0 Å². The second-order valence-corrected chi connectivity index (χ2v) is 5.14. The van der Waals surface area contributed by atoms with Crippen molar-refractivity contribution >= 4 is 0 Å². The van der Waals surface area contributed by atoms with E-state index >= 15 is 0 Å². The number of hydrogen-bond acceptors (Lipinski definition) is 3. The predicted octanol–water partition coefficient (Wildman–Crippen LogP) is 2.68. The predicted molar refractivity (Wildman–Crippen MR) is 76.9 cm³/mol. The maximum absolute atomic E-state index is 10.6. The van der Waals surface area contributed by atoms with Gasteiger partial charge < -0.3 is 9.84 Å². The number of fused-ring (bicyclic) bond motifs is 1. The van der Waals surface area contributed by atoms with Crippen molar-refractivity contribution in [3.8, 4) is 5.75 Å². The smallest absolute Gasteiger partial charge is 0.125 e. The molecule has 0 saturated heterocycles. The number of aliphatic hydroxyl groups excluding tert-OH is 1. The third-order valence-electron chi connectivity index (χ3n) is 3.91. The van der Waals surface area contributed by atoms with Crippen molar-refractivity contribution in [3.05, 3.63) is 47.3 Å². The van der Waals surface area contributed by atoms with Crippen LogP contribution in [0.5, 0.6) is 5.75 Å². The van der Waals surface area contributed by atoms with Crippen LogP contribution in [0.15, 0.2) is 30.3 Å². The molecule has 0 radical (unpaired) electrons. The second kappa shape index (κ2) is 5.29. The number of hydrogen-bond donors (Lipinski definition) is 1. The van der Waals surface area contributed by atoms with Gasteiger partial charge in [0.25, 0.3) is 0 Å². The normalized spacial score (nSPS) is 21.4. The van der Waals surface area contributed by atoms with E-state index in [-0.39, 0.29) is 6.04 Å². The van der Waals surface area contributed by atoms with Gasteiger partial charge in [0.2, 0.25) is 0 Å². The Kier molecular flexibility index (Phi) is 3.49. The molecule has 0 aliphatic carbocycles. The van der Waals surface area contributed by atoms with Crippen LogP contribution in [-0.2, 0) is 12.8 Å². The van der Waals surface area contributed by atoms with Crippen LogP contribution in [0.25, 0.3) is 0 Å². The molecule has 20 heavy (non-hydrogen) atoms. The van der Waals surface area contributed by atoms with Gasteiger partial charge in [0.1, 0.15) is 24.5 Å². The minimum Gasteiger partial charge on any atom is -0.491 e. The molecule has 0 spiro atoms. The van der Waals surface area contributed by atoms with Crippen molar-refractivity contribution in [3.63, 3.8) is 0 Å². The molecule has 4 heteroatoms. The van der Waals surface area contributed by atoms with Crippen molar-refractivity contribution in [1.82, 2.24) is 9.78 Å².